The van der Waals surface area contributed by atoms with Gasteiger partial charge in [-0.25, -0.2) is 4.98 Å². The molecule has 0 spiro atoms. The van der Waals surface area contributed by atoms with Gasteiger partial charge < -0.3 is 20.3 Å². The Kier molecular flexibility index (Phi) is 4.99. The summed E-state index contributed by atoms with van der Waals surface area (Å²) >= 11 is 0. The van der Waals surface area contributed by atoms with E-state index in [2.05, 4.69) is 20.5 Å². The molecule has 7 heteroatoms. The Morgan fingerprint density at radius 2 is 2.12 bits per heavy atom. The quantitative estimate of drug-likeness (QED) is 0.865. The molecule has 2 aliphatic rings. The second-order valence-electron chi connectivity index (χ2n) is 6.56. The smallest absolute Gasteiger partial charge is 0.247 e. The Bertz CT molecular complexity index is 628. The minimum Gasteiger partial charge on any atom is -0.378 e. The van der Waals surface area contributed by atoms with Gasteiger partial charge in [-0.1, -0.05) is 6.92 Å². The van der Waals surface area contributed by atoms with Crippen LogP contribution >= 0.6 is 0 Å². The molecule has 3 heterocycles. The number of nitrogens with one attached hydrogen (secondary N) is 2. The predicted octanol–water partition coefficient (Wildman–Crippen LogP) is 1.08. The standard InChI is InChI=1S/C17H24N4O3/c1-11-9-14(19-16(22)10-11)17(23)20-13-3-4-15(18-12(13)2)21-5-7-24-8-6-21/h3-4,11,14H,5-10H2,1-2H3,(H,19,22)(H,20,23)/t11-,14-/m0/s1. The van der Waals surface area contributed by atoms with Gasteiger partial charge in [0.25, 0.3) is 0 Å². The predicted molar refractivity (Wildman–Crippen MR) is 91.0 cm³/mol. The van der Waals surface area contributed by atoms with E-state index >= 15 is 0 Å². The number of amides is 2. The third-order valence-corrected chi connectivity index (χ3v) is 4.49. The Morgan fingerprint density at radius 1 is 1.38 bits per heavy atom. The summed E-state index contributed by atoms with van der Waals surface area (Å²) < 4.78 is 5.35. The maximum Gasteiger partial charge on any atom is 0.247 e. The summed E-state index contributed by atoms with van der Waals surface area (Å²) in [5.41, 5.74) is 1.45. The van der Waals surface area contributed by atoms with Crippen molar-refractivity contribution in [3.05, 3.63) is 17.8 Å². The molecule has 2 fully saturated rings. The molecule has 2 atom stereocenters. The summed E-state index contributed by atoms with van der Waals surface area (Å²) in [5, 5.41) is 5.65. The molecular formula is C17H24N4O3. The number of pyridine rings is 1. The average molecular weight is 332 g/mol. The van der Waals surface area contributed by atoms with E-state index in [1.54, 1.807) is 0 Å². The van der Waals surface area contributed by atoms with Gasteiger partial charge in [-0.15, -0.1) is 0 Å². The van der Waals surface area contributed by atoms with Gasteiger partial charge in [-0.2, -0.15) is 0 Å². The number of aryl methyl sites for hydroxylation is 1. The number of anilines is 2. The van der Waals surface area contributed by atoms with Gasteiger partial charge >= 0.3 is 0 Å². The first-order valence-electron chi connectivity index (χ1n) is 8.43. The minimum atomic E-state index is -0.473. The second kappa shape index (κ2) is 7.17. The lowest BCUT2D eigenvalue weighted by Crippen LogP contribution is -2.48. The molecule has 0 saturated carbocycles. The molecule has 0 bridgehead atoms. The van der Waals surface area contributed by atoms with Crippen LogP contribution in [0.25, 0.3) is 0 Å². The highest BCUT2D eigenvalue weighted by atomic mass is 16.5. The van der Waals surface area contributed by atoms with Crippen molar-refractivity contribution in [2.75, 3.05) is 36.5 Å². The highest BCUT2D eigenvalue weighted by molar-refractivity contribution is 5.98. The lowest BCUT2D eigenvalue weighted by molar-refractivity contribution is -0.129. The highest BCUT2D eigenvalue weighted by Crippen LogP contribution is 2.21. The van der Waals surface area contributed by atoms with Crippen LogP contribution in [0.2, 0.25) is 0 Å². The number of morpholine rings is 1. The lowest BCUT2D eigenvalue weighted by atomic mass is 9.93. The first kappa shape index (κ1) is 16.7. The first-order chi connectivity index (χ1) is 11.5. The van der Waals surface area contributed by atoms with E-state index in [9.17, 15) is 9.59 Å². The molecule has 2 N–H and O–H groups in total. The molecule has 1 aromatic heterocycles. The van der Waals surface area contributed by atoms with Gasteiger partial charge in [-0.05, 0) is 31.4 Å². The number of rotatable bonds is 3. The third-order valence-electron chi connectivity index (χ3n) is 4.49. The number of carbonyl (C=O) groups excluding carboxylic acids is 2. The molecule has 2 amide bonds. The lowest BCUT2D eigenvalue weighted by Gasteiger charge is -2.29. The van der Waals surface area contributed by atoms with Gasteiger partial charge in [0.2, 0.25) is 11.8 Å². The zero-order chi connectivity index (χ0) is 17.1. The van der Waals surface area contributed by atoms with Crippen LogP contribution in [0, 0.1) is 12.8 Å². The molecule has 24 heavy (non-hydrogen) atoms. The van der Waals surface area contributed by atoms with Crippen LogP contribution in [-0.2, 0) is 14.3 Å². The molecule has 0 aliphatic carbocycles. The fraction of sp³-hybridized carbons (Fsp3) is 0.588. The van der Waals surface area contributed by atoms with Crippen molar-refractivity contribution in [2.45, 2.75) is 32.7 Å². The fourth-order valence-electron chi connectivity index (χ4n) is 3.16. The highest BCUT2D eigenvalue weighted by Gasteiger charge is 2.29. The van der Waals surface area contributed by atoms with E-state index in [1.165, 1.54) is 0 Å². The second-order valence-corrected chi connectivity index (χ2v) is 6.56. The van der Waals surface area contributed by atoms with Crippen molar-refractivity contribution in [3.63, 3.8) is 0 Å². The van der Waals surface area contributed by atoms with Gasteiger partial charge in [0.15, 0.2) is 0 Å². The molecule has 2 aliphatic heterocycles. The molecule has 1 aromatic rings. The van der Waals surface area contributed by atoms with Gasteiger partial charge in [0.05, 0.1) is 24.6 Å². The molecule has 3 rings (SSSR count). The number of nitrogens with zero attached hydrogens (tertiary/aromatic N) is 2. The molecule has 0 aromatic carbocycles. The van der Waals surface area contributed by atoms with E-state index in [-0.39, 0.29) is 17.7 Å². The Labute approximate surface area is 141 Å². The van der Waals surface area contributed by atoms with E-state index in [0.29, 0.717) is 31.7 Å². The molecule has 130 valence electrons. The van der Waals surface area contributed by atoms with E-state index < -0.39 is 6.04 Å². The number of hydrogen-bond donors (Lipinski definition) is 2. The van der Waals surface area contributed by atoms with E-state index in [0.717, 1.165) is 24.6 Å². The summed E-state index contributed by atoms with van der Waals surface area (Å²) in [4.78, 5) is 30.8. The minimum absolute atomic E-state index is 0.0635. The Hall–Kier alpha value is -2.15. The van der Waals surface area contributed by atoms with Crippen LogP contribution in [0.1, 0.15) is 25.5 Å². The van der Waals surface area contributed by atoms with Crippen molar-refractivity contribution in [2.24, 2.45) is 5.92 Å². The number of aromatic nitrogens is 1. The number of carbonyl (C=O) groups is 2. The van der Waals surface area contributed by atoms with E-state index in [4.69, 9.17) is 4.74 Å². The van der Waals surface area contributed by atoms with Crippen molar-refractivity contribution in [1.82, 2.24) is 10.3 Å². The number of ether oxygens (including phenoxy) is 1. The van der Waals surface area contributed by atoms with Crippen molar-refractivity contribution in [1.29, 1.82) is 0 Å². The van der Waals surface area contributed by atoms with Crippen LogP contribution < -0.4 is 15.5 Å². The topological polar surface area (TPSA) is 83.6 Å². The first-order valence-corrected chi connectivity index (χ1v) is 8.43. The van der Waals surface area contributed by atoms with Crippen LogP contribution in [0.5, 0.6) is 0 Å². The Balaban J connectivity index is 1.66. The summed E-state index contributed by atoms with van der Waals surface area (Å²) in [6.07, 6.45) is 1.15. The largest absolute Gasteiger partial charge is 0.378 e. The summed E-state index contributed by atoms with van der Waals surface area (Å²) in [5.74, 6) is 0.871. The van der Waals surface area contributed by atoms with Crippen molar-refractivity contribution >= 4 is 23.3 Å². The van der Waals surface area contributed by atoms with Crippen LogP contribution in [0.4, 0.5) is 11.5 Å². The van der Waals surface area contributed by atoms with Gasteiger partial charge in [-0.3, -0.25) is 9.59 Å². The maximum absolute atomic E-state index is 12.4. The third kappa shape index (κ3) is 3.84. The zero-order valence-electron chi connectivity index (χ0n) is 14.2. The van der Waals surface area contributed by atoms with E-state index in [1.807, 2.05) is 26.0 Å². The summed E-state index contributed by atoms with van der Waals surface area (Å²) in [7, 11) is 0. The zero-order valence-corrected chi connectivity index (χ0v) is 14.2. The van der Waals surface area contributed by atoms with Gasteiger partial charge in [0, 0.05) is 19.5 Å². The van der Waals surface area contributed by atoms with Crippen molar-refractivity contribution in [3.8, 4) is 0 Å². The summed E-state index contributed by atoms with van der Waals surface area (Å²) in [6.45, 7) is 6.93. The van der Waals surface area contributed by atoms with Crippen LogP contribution in [-0.4, -0.2) is 49.1 Å². The van der Waals surface area contributed by atoms with Crippen LogP contribution in [0.15, 0.2) is 12.1 Å². The fourth-order valence-corrected chi connectivity index (χ4v) is 3.16. The maximum atomic E-state index is 12.4. The van der Waals surface area contributed by atoms with Crippen molar-refractivity contribution < 1.29 is 14.3 Å². The number of piperidine rings is 1. The molecule has 0 radical (unpaired) electrons. The monoisotopic (exact) mass is 332 g/mol. The SMILES string of the molecule is Cc1nc(N2CCOCC2)ccc1NC(=O)[C@@H]1C[C@H](C)CC(=O)N1. The van der Waals surface area contributed by atoms with Gasteiger partial charge in [0.1, 0.15) is 11.9 Å². The summed E-state index contributed by atoms with van der Waals surface area (Å²) in [6, 6.07) is 3.31. The Morgan fingerprint density at radius 3 is 2.79 bits per heavy atom. The average Bonchev–Trinajstić information content (AvgIpc) is 2.56. The molecular weight excluding hydrogens is 308 g/mol. The normalized spacial score (nSPS) is 24.4. The molecule has 2 saturated heterocycles. The molecule has 7 nitrogen and oxygen atoms in total. The molecule has 0 unspecified atom stereocenters. The number of hydrogen-bond acceptors (Lipinski definition) is 5. The van der Waals surface area contributed by atoms with Crippen LogP contribution in [0.3, 0.4) is 0 Å².